The number of amides is 1. The molecule has 0 aliphatic rings. The zero-order valence-corrected chi connectivity index (χ0v) is 12.6. The number of anilines is 1. The third-order valence-electron chi connectivity index (χ3n) is 2.95. The van der Waals surface area contributed by atoms with E-state index in [1.165, 1.54) is 0 Å². The van der Waals surface area contributed by atoms with Crippen molar-refractivity contribution >= 4 is 17.5 Å². The van der Waals surface area contributed by atoms with Crippen molar-refractivity contribution < 1.29 is 18.8 Å². The molecule has 1 aromatic heterocycles. The van der Waals surface area contributed by atoms with Gasteiger partial charge in [0.2, 0.25) is 0 Å². The predicted octanol–water partition coefficient (Wildman–Crippen LogP) is 2.52. The van der Waals surface area contributed by atoms with Crippen LogP contribution in [0.2, 0.25) is 0 Å². The second-order valence-electron chi connectivity index (χ2n) is 5.01. The summed E-state index contributed by atoms with van der Waals surface area (Å²) in [6, 6.07) is 8.96. The number of carbonyl (C=O) groups excluding carboxylic acids is 2. The van der Waals surface area contributed by atoms with Crippen LogP contribution in [-0.4, -0.2) is 23.5 Å². The molecule has 1 N–H and O–H groups in total. The molecule has 2 aromatic rings. The Balaban J connectivity index is 1.78. The number of benzene rings is 1. The molecule has 0 fully saturated rings. The molecule has 0 spiro atoms. The summed E-state index contributed by atoms with van der Waals surface area (Å²) in [6.07, 6.45) is 1.24. The van der Waals surface area contributed by atoms with Crippen LogP contribution in [0.1, 0.15) is 24.7 Å². The molecule has 116 valence electrons. The van der Waals surface area contributed by atoms with Crippen molar-refractivity contribution in [3.8, 4) is 5.75 Å². The molecule has 1 amide bonds. The molecular formula is C16H18N2O4. The highest BCUT2D eigenvalue weighted by molar-refractivity contribution is 5.90. The molecule has 22 heavy (non-hydrogen) atoms. The first-order valence-electron chi connectivity index (χ1n) is 6.97. The number of rotatable bonds is 7. The first-order chi connectivity index (χ1) is 10.5. The maximum Gasteiger partial charge on any atom is 0.263 e. The second-order valence-corrected chi connectivity index (χ2v) is 5.01. The molecule has 1 heterocycles. The fraction of sp³-hybridized carbons (Fsp3) is 0.312. The summed E-state index contributed by atoms with van der Waals surface area (Å²) in [4.78, 5) is 22.6. The molecule has 6 heteroatoms. The summed E-state index contributed by atoms with van der Waals surface area (Å²) in [7, 11) is 0. The zero-order valence-electron chi connectivity index (χ0n) is 12.6. The van der Waals surface area contributed by atoms with E-state index >= 15 is 0 Å². The summed E-state index contributed by atoms with van der Waals surface area (Å²) in [5.41, 5.74) is 1.06. The summed E-state index contributed by atoms with van der Waals surface area (Å²) in [5.74, 6) is 1.44. The first-order valence-corrected chi connectivity index (χ1v) is 6.97. The minimum Gasteiger partial charge on any atom is -0.484 e. The van der Waals surface area contributed by atoms with E-state index in [4.69, 9.17) is 9.26 Å². The van der Waals surface area contributed by atoms with Crippen molar-refractivity contribution in [2.45, 2.75) is 26.7 Å². The van der Waals surface area contributed by atoms with Gasteiger partial charge in [-0.2, -0.15) is 0 Å². The van der Waals surface area contributed by atoms with Crippen LogP contribution in [0.3, 0.4) is 0 Å². The number of hydrogen-bond acceptors (Lipinski definition) is 5. The van der Waals surface area contributed by atoms with Gasteiger partial charge in [-0.3, -0.25) is 4.79 Å². The topological polar surface area (TPSA) is 81.4 Å². The Morgan fingerprint density at radius 3 is 2.59 bits per heavy atom. The van der Waals surface area contributed by atoms with Gasteiger partial charge < -0.3 is 19.4 Å². The van der Waals surface area contributed by atoms with Crippen LogP contribution in [0.15, 0.2) is 34.9 Å². The average Bonchev–Trinajstić information content (AvgIpc) is 2.89. The monoisotopic (exact) mass is 302 g/mol. The minimum absolute atomic E-state index is 0.112. The molecular weight excluding hydrogens is 284 g/mol. The van der Waals surface area contributed by atoms with E-state index in [-0.39, 0.29) is 18.3 Å². The van der Waals surface area contributed by atoms with Crippen molar-refractivity contribution in [3.63, 3.8) is 0 Å². The van der Waals surface area contributed by atoms with Crippen molar-refractivity contribution in [1.29, 1.82) is 0 Å². The third kappa shape index (κ3) is 5.05. The quantitative estimate of drug-likeness (QED) is 0.850. The summed E-state index contributed by atoms with van der Waals surface area (Å²) in [6.45, 7) is 3.21. The van der Waals surface area contributed by atoms with Gasteiger partial charge in [0, 0.05) is 12.5 Å². The van der Waals surface area contributed by atoms with Crippen LogP contribution in [0.5, 0.6) is 5.75 Å². The summed E-state index contributed by atoms with van der Waals surface area (Å²) < 4.78 is 10.2. The van der Waals surface area contributed by atoms with Crippen LogP contribution < -0.4 is 10.1 Å². The van der Waals surface area contributed by atoms with Crippen LogP contribution >= 0.6 is 0 Å². The van der Waals surface area contributed by atoms with E-state index < -0.39 is 0 Å². The molecule has 1 aromatic carbocycles. The van der Waals surface area contributed by atoms with Gasteiger partial charge in [-0.1, -0.05) is 17.3 Å². The largest absolute Gasteiger partial charge is 0.484 e. The standard InChI is InChI=1S/C16H18N2O4/c1-11(19)3-4-13-5-7-14(8-6-13)21-10-16(20)17-15-9-12(2)22-18-15/h5-9H,3-4,10H2,1-2H3,(H,17,18,20). The van der Waals surface area contributed by atoms with Gasteiger partial charge in [0.1, 0.15) is 17.3 Å². The molecule has 0 saturated heterocycles. The SMILES string of the molecule is CC(=O)CCc1ccc(OCC(=O)Nc2cc(C)on2)cc1. The van der Waals surface area contributed by atoms with E-state index in [1.807, 2.05) is 12.1 Å². The highest BCUT2D eigenvalue weighted by Gasteiger charge is 2.07. The van der Waals surface area contributed by atoms with Crippen molar-refractivity contribution in [2.75, 3.05) is 11.9 Å². The van der Waals surface area contributed by atoms with Crippen LogP contribution in [0, 0.1) is 6.92 Å². The normalized spacial score (nSPS) is 10.3. The molecule has 0 unspecified atom stereocenters. The van der Waals surface area contributed by atoms with Crippen LogP contribution in [-0.2, 0) is 16.0 Å². The van der Waals surface area contributed by atoms with Crippen LogP contribution in [0.4, 0.5) is 5.82 Å². The first kappa shape index (κ1) is 15.8. The van der Waals surface area contributed by atoms with Crippen molar-refractivity contribution in [2.24, 2.45) is 0 Å². The van der Waals surface area contributed by atoms with E-state index in [0.29, 0.717) is 30.2 Å². The Hall–Kier alpha value is -2.63. The maximum atomic E-state index is 11.7. The number of hydrogen-bond donors (Lipinski definition) is 1. The van der Waals surface area contributed by atoms with Gasteiger partial charge in [0.05, 0.1) is 0 Å². The number of ketones is 1. The number of carbonyl (C=O) groups is 2. The van der Waals surface area contributed by atoms with Gasteiger partial charge in [0.25, 0.3) is 5.91 Å². The fourth-order valence-electron chi connectivity index (χ4n) is 1.83. The lowest BCUT2D eigenvalue weighted by Crippen LogP contribution is -2.20. The molecule has 0 bridgehead atoms. The number of aromatic nitrogens is 1. The Labute approximate surface area is 128 Å². The zero-order chi connectivity index (χ0) is 15.9. The van der Waals surface area contributed by atoms with Gasteiger partial charge in [-0.15, -0.1) is 0 Å². The minimum atomic E-state index is -0.311. The molecule has 6 nitrogen and oxygen atoms in total. The van der Waals surface area contributed by atoms with Crippen LogP contribution in [0.25, 0.3) is 0 Å². The van der Waals surface area contributed by atoms with E-state index in [0.717, 1.165) is 5.56 Å². The summed E-state index contributed by atoms with van der Waals surface area (Å²) in [5, 5.41) is 6.24. The highest BCUT2D eigenvalue weighted by atomic mass is 16.5. The van der Waals surface area contributed by atoms with Gasteiger partial charge in [-0.25, -0.2) is 0 Å². The van der Waals surface area contributed by atoms with E-state index in [1.54, 1.807) is 32.0 Å². The Bertz CT molecular complexity index is 646. The molecule has 0 saturated carbocycles. The lowest BCUT2D eigenvalue weighted by atomic mass is 10.1. The van der Waals surface area contributed by atoms with Crippen molar-refractivity contribution in [3.05, 3.63) is 41.7 Å². The van der Waals surface area contributed by atoms with E-state index in [9.17, 15) is 9.59 Å². The summed E-state index contributed by atoms with van der Waals surface area (Å²) >= 11 is 0. The number of nitrogens with zero attached hydrogens (tertiary/aromatic N) is 1. The maximum absolute atomic E-state index is 11.7. The fourth-order valence-corrected chi connectivity index (χ4v) is 1.83. The molecule has 0 atom stereocenters. The molecule has 2 rings (SSSR count). The lowest BCUT2D eigenvalue weighted by Gasteiger charge is -2.06. The Morgan fingerprint density at radius 2 is 2.00 bits per heavy atom. The van der Waals surface area contributed by atoms with Gasteiger partial charge in [-0.05, 0) is 38.0 Å². The molecule has 0 aliphatic heterocycles. The Morgan fingerprint density at radius 1 is 1.27 bits per heavy atom. The Kier molecular flexibility index (Phi) is 5.30. The number of aryl methyl sites for hydroxylation is 2. The van der Waals surface area contributed by atoms with Gasteiger partial charge in [0.15, 0.2) is 12.4 Å². The lowest BCUT2D eigenvalue weighted by molar-refractivity contribution is -0.118. The second kappa shape index (κ2) is 7.40. The predicted molar refractivity (Wildman–Crippen MR) is 80.8 cm³/mol. The van der Waals surface area contributed by atoms with E-state index in [2.05, 4.69) is 10.5 Å². The number of Topliss-reactive ketones (excluding diaryl/α,β-unsaturated/α-hetero) is 1. The number of ether oxygens (including phenoxy) is 1. The molecule has 0 aliphatic carbocycles. The highest BCUT2D eigenvalue weighted by Crippen LogP contribution is 2.14. The van der Waals surface area contributed by atoms with Gasteiger partial charge >= 0.3 is 0 Å². The molecule has 0 radical (unpaired) electrons. The van der Waals surface area contributed by atoms with Crippen molar-refractivity contribution in [1.82, 2.24) is 5.16 Å². The number of nitrogens with one attached hydrogen (secondary N) is 1. The third-order valence-corrected chi connectivity index (χ3v) is 2.95. The average molecular weight is 302 g/mol. The smallest absolute Gasteiger partial charge is 0.263 e.